The molecule has 0 radical (unpaired) electrons. The first-order valence-electron chi connectivity index (χ1n) is 5.93. The summed E-state index contributed by atoms with van der Waals surface area (Å²) in [5.41, 5.74) is 2.78. The Labute approximate surface area is 119 Å². The van der Waals surface area contributed by atoms with Crippen LogP contribution >= 0.6 is 11.3 Å². The third-order valence-electron chi connectivity index (χ3n) is 2.95. The van der Waals surface area contributed by atoms with Gasteiger partial charge in [0.25, 0.3) is 5.89 Å². The van der Waals surface area contributed by atoms with Gasteiger partial charge in [0.15, 0.2) is 11.5 Å². The highest BCUT2D eigenvalue weighted by Crippen LogP contribution is 2.32. The van der Waals surface area contributed by atoms with Crippen molar-refractivity contribution in [3.05, 3.63) is 34.5 Å². The number of benzene rings is 1. The highest BCUT2D eigenvalue weighted by molar-refractivity contribution is 7.08. The molecule has 1 aromatic carbocycles. The Morgan fingerprint density at radius 2 is 2.15 bits per heavy atom. The van der Waals surface area contributed by atoms with Crippen molar-refractivity contribution in [2.75, 3.05) is 7.11 Å². The van der Waals surface area contributed by atoms with Gasteiger partial charge < -0.3 is 14.4 Å². The monoisotopic (exact) mass is 288 g/mol. The Kier molecular flexibility index (Phi) is 3.15. The standard InChI is InChI=1S/C14H12N2O3S/c1-8-6-20-7-10(8)13-15-14(19-16-13)9-3-4-11(17)12(5-9)18-2/h3-7,17H,1-2H3. The van der Waals surface area contributed by atoms with Crippen LogP contribution in [0.1, 0.15) is 5.56 Å². The summed E-state index contributed by atoms with van der Waals surface area (Å²) >= 11 is 1.60. The lowest BCUT2D eigenvalue weighted by Gasteiger charge is -2.03. The smallest absolute Gasteiger partial charge is 0.258 e. The molecule has 5 nitrogen and oxygen atoms in total. The number of thiophene rings is 1. The molecular weight excluding hydrogens is 276 g/mol. The van der Waals surface area contributed by atoms with Crippen LogP contribution < -0.4 is 4.74 Å². The van der Waals surface area contributed by atoms with E-state index in [-0.39, 0.29) is 5.75 Å². The predicted molar refractivity (Wildman–Crippen MR) is 76.0 cm³/mol. The van der Waals surface area contributed by atoms with E-state index in [1.165, 1.54) is 13.2 Å². The Bertz CT molecular complexity index is 748. The van der Waals surface area contributed by atoms with Crippen molar-refractivity contribution >= 4 is 11.3 Å². The number of hydrogen-bond donors (Lipinski definition) is 1. The van der Waals surface area contributed by atoms with Crippen molar-refractivity contribution in [3.63, 3.8) is 0 Å². The largest absolute Gasteiger partial charge is 0.504 e. The molecule has 3 rings (SSSR count). The number of methoxy groups -OCH3 is 1. The molecule has 0 spiro atoms. The van der Waals surface area contributed by atoms with Gasteiger partial charge in [0.05, 0.1) is 7.11 Å². The predicted octanol–water partition coefficient (Wildman–Crippen LogP) is 3.49. The lowest BCUT2D eigenvalue weighted by Crippen LogP contribution is -1.85. The van der Waals surface area contributed by atoms with Crippen molar-refractivity contribution in [2.24, 2.45) is 0 Å². The summed E-state index contributed by atoms with van der Waals surface area (Å²) in [4.78, 5) is 4.38. The number of phenolic OH excluding ortho intramolecular Hbond substituents is 1. The van der Waals surface area contributed by atoms with Crippen molar-refractivity contribution in [2.45, 2.75) is 6.92 Å². The van der Waals surface area contributed by atoms with Gasteiger partial charge in [-0.2, -0.15) is 16.3 Å². The molecule has 0 unspecified atom stereocenters. The minimum Gasteiger partial charge on any atom is -0.504 e. The number of hydrogen-bond acceptors (Lipinski definition) is 6. The van der Waals surface area contributed by atoms with Crippen LogP contribution in [0.15, 0.2) is 33.5 Å². The number of ether oxygens (including phenoxy) is 1. The maximum atomic E-state index is 9.58. The lowest BCUT2D eigenvalue weighted by molar-refractivity contribution is 0.373. The molecule has 0 aliphatic heterocycles. The van der Waals surface area contributed by atoms with Gasteiger partial charge in [0, 0.05) is 16.5 Å². The van der Waals surface area contributed by atoms with Crippen molar-refractivity contribution in [1.29, 1.82) is 0 Å². The number of rotatable bonds is 3. The van der Waals surface area contributed by atoms with E-state index < -0.39 is 0 Å². The van der Waals surface area contributed by atoms with Gasteiger partial charge in [0.1, 0.15) is 0 Å². The van der Waals surface area contributed by atoms with Crippen LogP contribution in [0.2, 0.25) is 0 Å². The second-order valence-corrected chi connectivity index (χ2v) is 5.02. The Morgan fingerprint density at radius 3 is 2.85 bits per heavy atom. The molecule has 0 atom stereocenters. The van der Waals surface area contributed by atoms with Gasteiger partial charge in [0.2, 0.25) is 5.82 Å². The molecule has 0 amide bonds. The van der Waals surface area contributed by atoms with E-state index in [0.717, 1.165) is 11.1 Å². The fraction of sp³-hybridized carbons (Fsp3) is 0.143. The van der Waals surface area contributed by atoms with Gasteiger partial charge in [-0.1, -0.05) is 5.16 Å². The zero-order valence-electron chi connectivity index (χ0n) is 11.0. The Balaban J connectivity index is 2.00. The highest BCUT2D eigenvalue weighted by Gasteiger charge is 2.14. The summed E-state index contributed by atoms with van der Waals surface area (Å²) < 4.78 is 10.3. The van der Waals surface area contributed by atoms with Crippen LogP contribution in [0.5, 0.6) is 11.5 Å². The average molecular weight is 288 g/mol. The quantitative estimate of drug-likeness (QED) is 0.799. The first kappa shape index (κ1) is 12.7. The normalized spacial score (nSPS) is 10.7. The van der Waals surface area contributed by atoms with Crippen LogP contribution in [-0.4, -0.2) is 22.4 Å². The molecule has 2 aromatic heterocycles. The van der Waals surface area contributed by atoms with E-state index in [9.17, 15) is 5.11 Å². The van der Waals surface area contributed by atoms with Gasteiger partial charge >= 0.3 is 0 Å². The van der Waals surface area contributed by atoms with Crippen LogP contribution in [-0.2, 0) is 0 Å². The number of aromatic nitrogens is 2. The Morgan fingerprint density at radius 1 is 1.30 bits per heavy atom. The van der Waals surface area contributed by atoms with Crippen molar-refractivity contribution < 1.29 is 14.4 Å². The molecule has 0 saturated carbocycles. The van der Waals surface area contributed by atoms with E-state index >= 15 is 0 Å². The zero-order valence-corrected chi connectivity index (χ0v) is 11.8. The summed E-state index contributed by atoms with van der Waals surface area (Å²) in [5.74, 6) is 1.40. The van der Waals surface area contributed by atoms with Crippen LogP contribution in [0.4, 0.5) is 0 Å². The third kappa shape index (κ3) is 2.14. The molecule has 1 N–H and O–H groups in total. The molecule has 20 heavy (non-hydrogen) atoms. The number of phenols is 1. The topological polar surface area (TPSA) is 68.4 Å². The molecular formula is C14H12N2O3S. The lowest BCUT2D eigenvalue weighted by atomic mass is 10.2. The average Bonchev–Trinajstić information content (AvgIpc) is 3.08. The zero-order chi connectivity index (χ0) is 14.1. The molecule has 3 aromatic rings. The molecule has 0 bridgehead atoms. The number of nitrogens with zero attached hydrogens (tertiary/aromatic N) is 2. The second kappa shape index (κ2) is 4.97. The third-order valence-corrected chi connectivity index (χ3v) is 3.81. The first-order chi connectivity index (χ1) is 9.69. The maximum absolute atomic E-state index is 9.58. The molecule has 0 fully saturated rings. The highest BCUT2D eigenvalue weighted by atomic mass is 32.1. The first-order valence-corrected chi connectivity index (χ1v) is 6.87. The summed E-state index contributed by atoms with van der Waals surface area (Å²) in [6, 6.07) is 4.90. The van der Waals surface area contributed by atoms with E-state index in [4.69, 9.17) is 9.26 Å². The van der Waals surface area contributed by atoms with E-state index in [1.807, 2.05) is 17.7 Å². The maximum Gasteiger partial charge on any atom is 0.258 e. The van der Waals surface area contributed by atoms with Crippen LogP contribution in [0.25, 0.3) is 22.8 Å². The molecule has 2 heterocycles. The summed E-state index contributed by atoms with van der Waals surface area (Å²) in [6.07, 6.45) is 0. The SMILES string of the molecule is COc1cc(-c2nc(-c3cscc3C)no2)ccc1O. The van der Waals surface area contributed by atoms with Gasteiger partial charge in [-0.25, -0.2) is 0 Å². The second-order valence-electron chi connectivity index (χ2n) is 4.28. The van der Waals surface area contributed by atoms with E-state index in [1.54, 1.807) is 23.5 Å². The fourth-order valence-corrected chi connectivity index (χ4v) is 2.68. The Hall–Kier alpha value is -2.34. The van der Waals surface area contributed by atoms with Crippen LogP contribution in [0.3, 0.4) is 0 Å². The molecule has 0 saturated heterocycles. The number of aryl methyl sites for hydroxylation is 1. The van der Waals surface area contributed by atoms with E-state index in [2.05, 4.69) is 10.1 Å². The minimum atomic E-state index is 0.0738. The molecule has 0 aliphatic carbocycles. The van der Waals surface area contributed by atoms with Crippen molar-refractivity contribution in [3.8, 4) is 34.3 Å². The summed E-state index contributed by atoms with van der Waals surface area (Å²) in [6.45, 7) is 2.01. The van der Waals surface area contributed by atoms with Crippen molar-refractivity contribution in [1.82, 2.24) is 10.1 Å². The molecule has 0 aliphatic rings. The summed E-state index contributed by atoms with van der Waals surface area (Å²) in [7, 11) is 1.49. The molecule has 6 heteroatoms. The van der Waals surface area contributed by atoms with Gasteiger partial charge in [-0.15, -0.1) is 0 Å². The van der Waals surface area contributed by atoms with E-state index in [0.29, 0.717) is 23.0 Å². The number of aromatic hydroxyl groups is 1. The summed E-state index contributed by atoms with van der Waals surface area (Å²) in [5, 5.41) is 17.6. The fourth-order valence-electron chi connectivity index (χ4n) is 1.85. The van der Waals surface area contributed by atoms with Gasteiger partial charge in [-0.05, 0) is 36.1 Å². The van der Waals surface area contributed by atoms with Gasteiger partial charge in [-0.3, -0.25) is 0 Å². The molecule has 102 valence electrons. The minimum absolute atomic E-state index is 0.0738. The van der Waals surface area contributed by atoms with Crippen LogP contribution in [0, 0.1) is 6.92 Å².